The van der Waals surface area contributed by atoms with E-state index in [1.165, 1.54) is 83.5 Å². The van der Waals surface area contributed by atoms with Crippen LogP contribution in [0.1, 0.15) is 110 Å². The Morgan fingerprint density at radius 3 is 1.55 bits per heavy atom. The summed E-state index contributed by atoms with van der Waals surface area (Å²) in [4.78, 5) is 45.1. The quantitative estimate of drug-likeness (QED) is 0.0482. The summed E-state index contributed by atoms with van der Waals surface area (Å²) in [6, 6.07) is 0. The molecular formula is C36H69N3O10. The topological polar surface area (TPSA) is 160 Å². The second kappa shape index (κ2) is 40.4. The summed E-state index contributed by atoms with van der Waals surface area (Å²) < 4.78 is 31.8. The van der Waals surface area contributed by atoms with Gasteiger partial charge in [-0.1, -0.05) is 96.8 Å². The van der Waals surface area contributed by atoms with Crippen molar-refractivity contribution in [2.75, 3.05) is 92.3 Å². The van der Waals surface area contributed by atoms with Crippen LogP contribution in [-0.2, 0) is 47.6 Å². The van der Waals surface area contributed by atoms with Gasteiger partial charge in [-0.25, -0.2) is 0 Å². The Morgan fingerprint density at radius 2 is 1.00 bits per heavy atom. The van der Waals surface area contributed by atoms with E-state index in [1.807, 2.05) is 0 Å². The molecule has 0 saturated heterocycles. The zero-order valence-electron chi connectivity index (χ0n) is 30.5. The van der Waals surface area contributed by atoms with Gasteiger partial charge in [0.25, 0.3) is 0 Å². The molecule has 13 heteroatoms. The highest BCUT2D eigenvalue weighted by molar-refractivity contribution is 5.77. The fourth-order valence-corrected chi connectivity index (χ4v) is 4.81. The third kappa shape index (κ3) is 38.7. The lowest BCUT2D eigenvalue weighted by atomic mass is 10.0. The Bertz CT molecular complexity index is 748. The van der Waals surface area contributed by atoms with Gasteiger partial charge in [0.15, 0.2) is 12.5 Å². The number of carbonyl (C=O) groups is 4. The van der Waals surface area contributed by atoms with Crippen LogP contribution in [0.15, 0.2) is 0 Å². The number of ether oxygens (including phenoxy) is 6. The van der Waals surface area contributed by atoms with E-state index in [4.69, 9.17) is 28.4 Å². The second-order valence-electron chi connectivity index (χ2n) is 11.9. The first-order valence-electron chi connectivity index (χ1n) is 18.8. The van der Waals surface area contributed by atoms with E-state index in [9.17, 15) is 19.2 Å². The maximum Gasteiger partial charge on any atom is 0.246 e. The molecule has 288 valence electrons. The van der Waals surface area contributed by atoms with Crippen molar-refractivity contribution in [3.8, 4) is 0 Å². The smallest absolute Gasteiger partial charge is 0.246 e. The van der Waals surface area contributed by atoms with Gasteiger partial charge in [-0.15, -0.1) is 0 Å². The molecule has 0 heterocycles. The molecule has 2 amide bonds. The lowest BCUT2D eigenvalue weighted by Gasteiger charge is -2.14. The van der Waals surface area contributed by atoms with Crippen molar-refractivity contribution in [2.24, 2.45) is 0 Å². The summed E-state index contributed by atoms with van der Waals surface area (Å²) in [5.41, 5.74) is 0. The molecule has 0 aliphatic heterocycles. The van der Waals surface area contributed by atoms with E-state index >= 15 is 0 Å². The van der Waals surface area contributed by atoms with Crippen LogP contribution in [0.4, 0.5) is 0 Å². The van der Waals surface area contributed by atoms with Gasteiger partial charge >= 0.3 is 0 Å². The maximum absolute atomic E-state index is 12.0. The lowest BCUT2D eigenvalue weighted by Crippen LogP contribution is -2.36. The largest absolute Gasteiger partial charge is 0.378 e. The number of hydrogen-bond donors (Lipinski definition) is 3. The van der Waals surface area contributed by atoms with E-state index in [0.29, 0.717) is 78.3 Å². The van der Waals surface area contributed by atoms with Gasteiger partial charge in [0, 0.05) is 26.1 Å². The van der Waals surface area contributed by atoms with Gasteiger partial charge in [-0.3, -0.25) is 19.7 Å². The highest BCUT2D eigenvalue weighted by Crippen LogP contribution is 2.13. The second-order valence-corrected chi connectivity index (χ2v) is 11.9. The molecule has 0 radical (unpaired) electrons. The van der Waals surface area contributed by atoms with Gasteiger partial charge in [0.2, 0.25) is 11.8 Å². The van der Waals surface area contributed by atoms with Crippen molar-refractivity contribution >= 4 is 24.4 Å². The normalized spacial score (nSPS) is 11.8. The van der Waals surface area contributed by atoms with Gasteiger partial charge in [0.1, 0.15) is 19.5 Å². The van der Waals surface area contributed by atoms with Crippen molar-refractivity contribution in [2.45, 2.75) is 116 Å². The minimum absolute atomic E-state index is 0.0472. The molecular weight excluding hydrogens is 634 g/mol. The molecule has 0 aliphatic carbocycles. The maximum atomic E-state index is 12.0. The summed E-state index contributed by atoms with van der Waals surface area (Å²) in [5.74, 6) is -0.188. The van der Waals surface area contributed by atoms with Crippen molar-refractivity contribution in [3.05, 3.63) is 0 Å². The molecule has 1 atom stereocenters. The molecule has 0 rings (SSSR count). The predicted molar refractivity (Wildman–Crippen MR) is 190 cm³/mol. The van der Waals surface area contributed by atoms with E-state index in [2.05, 4.69) is 22.9 Å². The molecule has 0 aromatic carbocycles. The van der Waals surface area contributed by atoms with Crippen LogP contribution in [0.25, 0.3) is 0 Å². The molecule has 0 aliphatic rings. The number of rotatable bonds is 41. The average molecular weight is 704 g/mol. The van der Waals surface area contributed by atoms with Crippen LogP contribution in [0, 0.1) is 0 Å². The first kappa shape index (κ1) is 47.0. The monoisotopic (exact) mass is 703 g/mol. The van der Waals surface area contributed by atoms with Crippen LogP contribution >= 0.6 is 0 Å². The van der Waals surface area contributed by atoms with Crippen LogP contribution < -0.4 is 16.0 Å². The van der Waals surface area contributed by atoms with E-state index in [1.54, 1.807) is 0 Å². The molecule has 3 N–H and O–H groups in total. The summed E-state index contributed by atoms with van der Waals surface area (Å²) >= 11 is 0. The first-order chi connectivity index (χ1) is 24.1. The molecule has 13 nitrogen and oxygen atoms in total. The zero-order valence-corrected chi connectivity index (χ0v) is 30.5. The van der Waals surface area contributed by atoms with Crippen LogP contribution in [-0.4, -0.2) is 123 Å². The Labute approximate surface area is 295 Å². The fraction of sp³-hybridized carbons (Fsp3) is 0.889. The summed E-state index contributed by atoms with van der Waals surface area (Å²) in [6.07, 6.45) is 20.8. The number of unbranched alkanes of at least 4 members (excludes halogenated alkanes) is 14. The summed E-state index contributed by atoms with van der Waals surface area (Å²) in [5, 5.41) is 8.47. The number of carbonyl (C=O) groups excluding carboxylic acids is 4. The molecule has 0 fully saturated rings. The molecule has 1 unspecified atom stereocenters. The molecule has 49 heavy (non-hydrogen) atoms. The Kier molecular flexibility index (Phi) is 38.8. The molecule has 0 spiro atoms. The third-order valence-corrected chi connectivity index (χ3v) is 7.55. The molecule has 0 aromatic heterocycles. The SMILES string of the molecule is CCCCCCCCCCCCCCCCCC(=O)NCCOCCOCC(=O)NCCOCCOC(C=O)NCCOCCOCC=O. The number of nitrogens with one attached hydrogen (secondary N) is 3. The fourth-order valence-electron chi connectivity index (χ4n) is 4.81. The number of amides is 2. The van der Waals surface area contributed by atoms with Crippen molar-refractivity contribution in [3.63, 3.8) is 0 Å². The van der Waals surface area contributed by atoms with Crippen LogP contribution in [0.3, 0.4) is 0 Å². The number of hydrogen-bond acceptors (Lipinski definition) is 11. The summed E-state index contributed by atoms with van der Waals surface area (Å²) in [7, 11) is 0. The Morgan fingerprint density at radius 1 is 0.531 bits per heavy atom. The minimum Gasteiger partial charge on any atom is -0.378 e. The van der Waals surface area contributed by atoms with E-state index in [-0.39, 0.29) is 44.8 Å². The van der Waals surface area contributed by atoms with Crippen LogP contribution in [0.2, 0.25) is 0 Å². The van der Waals surface area contributed by atoms with Crippen molar-refractivity contribution < 1.29 is 47.6 Å². The third-order valence-electron chi connectivity index (χ3n) is 7.55. The summed E-state index contributed by atoms with van der Waals surface area (Å²) in [6.45, 7) is 6.27. The highest BCUT2D eigenvalue weighted by atomic mass is 16.5. The zero-order chi connectivity index (χ0) is 35.7. The Hall–Kier alpha value is -2.00. The van der Waals surface area contributed by atoms with Gasteiger partial charge in [-0.05, 0) is 6.42 Å². The predicted octanol–water partition coefficient (Wildman–Crippen LogP) is 3.89. The first-order valence-corrected chi connectivity index (χ1v) is 18.8. The Balaban J connectivity index is 3.37. The molecule has 0 saturated carbocycles. The van der Waals surface area contributed by atoms with Gasteiger partial charge in [0.05, 0.1) is 59.5 Å². The van der Waals surface area contributed by atoms with E-state index < -0.39 is 6.23 Å². The van der Waals surface area contributed by atoms with Gasteiger partial charge in [-0.2, -0.15) is 0 Å². The van der Waals surface area contributed by atoms with Crippen molar-refractivity contribution in [1.82, 2.24) is 16.0 Å². The van der Waals surface area contributed by atoms with Crippen LogP contribution in [0.5, 0.6) is 0 Å². The minimum atomic E-state index is -0.772. The molecule has 0 aromatic rings. The van der Waals surface area contributed by atoms with Crippen molar-refractivity contribution in [1.29, 1.82) is 0 Å². The molecule has 0 bridgehead atoms. The highest BCUT2D eigenvalue weighted by Gasteiger charge is 2.06. The average Bonchev–Trinajstić information content (AvgIpc) is 3.10. The van der Waals surface area contributed by atoms with E-state index in [0.717, 1.165) is 12.8 Å². The standard InChI is InChI=1S/C36H69N3O10/c1-2-3-4-5-6-7-8-9-10-11-12-13-14-15-16-17-34(42)37-18-22-44-28-29-48-33-35(43)38-19-23-46-30-31-49-36(32-41)39-20-24-45-26-27-47-25-21-40/h21,32,36,39H,2-20,22-31,33H2,1H3,(H,37,42)(H,38,43). The van der Waals surface area contributed by atoms with Gasteiger partial charge < -0.3 is 43.8 Å². The number of aldehydes is 2. The lowest BCUT2D eigenvalue weighted by molar-refractivity contribution is -0.127.